The average Bonchev–Trinajstić information content (AvgIpc) is 3.61. The second-order valence-electron chi connectivity index (χ2n) is 12.4. The number of phenols is 2. The van der Waals surface area contributed by atoms with Gasteiger partial charge in [-0.1, -0.05) is 23.9 Å². The number of likely N-dealkylation sites (N-methyl/N-ethyl adjacent to an activating group) is 1. The number of carbonyl (C=O) groups is 5. The van der Waals surface area contributed by atoms with E-state index in [1.165, 1.54) is 47.8 Å². The lowest BCUT2D eigenvalue weighted by atomic mass is 10.0. The lowest BCUT2D eigenvalue weighted by Gasteiger charge is -2.49. The van der Waals surface area contributed by atoms with Gasteiger partial charge in [-0.2, -0.15) is 0 Å². The molecule has 2 aliphatic rings. The fraction of sp³-hybridized carbons (Fsp3) is 0.303. The number of rotatable bonds is 15. The van der Waals surface area contributed by atoms with Crippen LogP contribution in [0.25, 0.3) is 11.0 Å². The molecule has 6 N–H and O–H groups in total. The number of aliphatic carboxylic acids is 2. The van der Waals surface area contributed by atoms with E-state index in [0.29, 0.717) is 23.8 Å². The van der Waals surface area contributed by atoms with Gasteiger partial charge in [-0.3, -0.25) is 24.1 Å². The number of amides is 3. The Labute approximate surface area is 318 Å². The van der Waals surface area contributed by atoms with Crippen molar-refractivity contribution in [2.45, 2.75) is 29.2 Å². The number of β-lactam (4-membered cyclic amide) rings is 1. The van der Waals surface area contributed by atoms with Gasteiger partial charge in [-0.05, 0) is 53.9 Å². The molecular formula is C33H32N8O12S2. The molecule has 1 unspecified atom stereocenters. The number of hydrogen-bond donors (Lipinski definition) is 6. The first-order valence-corrected chi connectivity index (χ1v) is 18.2. The molecule has 288 valence electrons. The number of carboxylic acid groups (broad SMARTS) is 2. The van der Waals surface area contributed by atoms with Crippen LogP contribution in [0.2, 0.25) is 0 Å². The molecular weight excluding hydrogens is 765 g/mol. The Bertz CT molecular complexity index is 2280. The standard InChI is InChI=1S/C33H32N8O12S2/c1-39(2)7-8-40-33(36-37-38-40)55-14-16-13-54-31-25(30(49)41(31)26(16)32(50)51)35-29(48)24(15-3-5-17(6-4-15)52-12-23(44)45)34-28(47)19-11-53-22-10-21(43)20(42)9-18(22)27(19)46/h3-6,9-11,24-25,31,42-43H,7-8,12-14H2,1-2H3,(H,34,47)(H,35,48)(H,44,45)(H,50,51)/t24?,25-,31-/m0/s1. The van der Waals surface area contributed by atoms with Crippen LogP contribution >= 0.6 is 23.5 Å². The highest BCUT2D eigenvalue weighted by atomic mass is 32.2. The second-order valence-corrected chi connectivity index (χ2v) is 14.5. The molecule has 22 heteroatoms. The van der Waals surface area contributed by atoms with Gasteiger partial charge in [-0.25, -0.2) is 14.3 Å². The van der Waals surface area contributed by atoms with Crippen molar-refractivity contribution in [3.8, 4) is 17.2 Å². The van der Waals surface area contributed by atoms with E-state index in [-0.39, 0.29) is 39.5 Å². The highest BCUT2D eigenvalue weighted by molar-refractivity contribution is 8.01. The van der Waals surface area contributed by atoms with Crippen molar-refractivity contribution in [1.82, 2.24) is 40.6 Å². The number of tetrazole rings is 1. The van der Waals surface area contributed by atoms with E-state index in [9.17, 15) is 44.1 Å². The van der Waals surface area contributed by atoms with Crippen LogP contribution in [0.1, 0.15) is 22.0 Å². The molecule has 0 radical (unpaired) electrons. The number of aromatic hydroxyl groups is 2. The number of carbonyl (C=O) groups excluding carboxylic acids is 3. The number of thioether (sulfide) groups is 2. The number of aromatic nitrogens is 4. The molecule has 3 atom stereocenters. The number of nitrogens with zero attached hydrogens (tertiary/aromatic N) is 6. The van der Waals surface area contributed by atoms with E-state index in [2.05, 4.69) is 26.2 Å². The topological polar surface area (TPSA) is 280 Å². The Kier molecular flexibility index (Phi) is 11.3. The Morgan fingerprint density at radius 1 is 1.11 bits per heavy atom. The summed E-state index contributed by atoms with van der Waals surface area (Å²) in [5.74, 6) is -5.92. The molecule has 1 saturated heterocycles. The summed E-state index contributed by atoms with van der Waals surface area (Å²) in [6.45, 7) is 0.529. The Balaban J connectivity index is 1.22. The molecule has 0 bridgehead atoms. The second kappa shape index (κ2) is 16.1. The summed E-state index contributed by atoms with van der Waals surface area (Å²) >= 11 is 2.45. The zero-order valence-electron chi connectivity index (χ0n) is 28.9. The van der Waals surface area contributed by atoms with E-state index in [0.717, 1.165) is 23.3 Å². The van der Waals surface area contributed by atoms with Crippen molar-refractivity contribution in [1.29, 1.82) is 0 Å². The maximum Gasteiger partial charge on any atom is 0.352 e. The van der Waals surface area contributed by atoms with Gasteiger partial charge in [0.05, 0.1) is 11.9 Å². The lowest BCUT2D eigenvalue weighted by molar-refractivity contribution is -0.151. The van der Waals surface area contributed by atoms with Crippen LogP contribution in [0, 0.1) is 0 Å². The quantitative estimate of drug-likeness (QED) is 0.0533. The molecule has 4 heterocycles. The Morgan fingerprint density at radius 2 is 1.84 bits per heavy atom. The molecule has 55 heavy (non-hydrogen) atoms. The molecule has 3 amide bonds. The van der Waals surface area contributed by atoms with Crippen LogP contribution < -0.4 is 20.8 Å². The zero-order chi connectivity index (χ0) is 39.6. The van der Waals surface area contributed by atoms with Crippen LogP contribution in [-0.4, -0.2) is 130 Å². The van der Waals surface area contributed by atoms with Crippen molar-refractivity contribution < 1.29 is 53.6 Å². The molecule has 2 aliphatic heterocycles. The summed E-state index contributed by atoms with van der Waals surface area (Å²) in [5.41, 5.74) is -1.20. The largest absolute Gasteiger partial charge is 0.504 e. The number of nitrogens with one attached hydrogen (secondary N) is 2. The SMILES string of the molecule is CN(C)CCn1nnnc1SCC1=C(C(=O)O)N2C(=O)[C@H](NC(=O)C(NC(=O)c3coc4cc(O)c(O)cc4c3=O)c3ccc(OCC(=O)O)cc3)[C@@H]2SC1. The van der Waals surface area contributed by atoms with E-state index in [1.807, 2.05) is 19.0 Å². The van der Waals surface area contributed by atoms with Gasteiger partial charge in [-0.15, -0.1) is 16.9 Å². The number of fused-ring (bicyclic) bond motifs is 2. The minimum absolute atomic E-state index is 0.127. The van der Waals surface area contributed by atoms with E-state index >= 15 is 0 Å². The Morgan fingerprint density at radius 3 is 2.53 bits per heavy atom. The zero-order valence-corrected chi connectivity index (χ0v) is 30.5. The summed E-state index contributed by atoms with van der Waals surface area (Å²) in [5, 5.41) is 55.0. The van der Waals surface area contributed by atoms with E-state index in [1.54, 1.807) is 4.68 Å². The van der Waals surface area contributed by atoms with E-state index in [4.69, 9.17) is 14.3 Å². The van der Waals surface area contributed by atoms with Gasteiger partial charge in [0.25, 0.3) is 11.8 Å². The molecule has 0 saturated carbocycles. The third kappa shape index (κ3) is 8.19. The van der Waals surface area contributed by atoms with Gasteiger partial charge in [0.2, 0.25) is 16.5 Å². The predicted molar refractivity (Wildman–Crippen MR) is 192 cm³/mol. The van der Waals surface area contributed by atoms with Gasteiger partial charge in [0.1, 0.15) is 46.3 Å². The average molecular weight is 797 g/mol. The first-order chi connectivity index (χ1) is 26.2. The van der Waals surface area contributed by atoms with Crippen LogP contribution in [0.3, 0.4) is 0 Å². The summed E-state index contributed by atoms with van der Waals surface area (Å²) in [7, 11) is 3.80. The summed E-state index contributed by atoms with van der Waals surface area (Å²) in [4.78, 5) is 80.7. The molecule has 0 aliphatic carbocycles. The lowest BCUT2D eigenvalue weighted by Crippen LogP contribution is -2.71. The van der Waals surface area contributed by atoms with Crippen molar-refractivity contribution in [2.75, 3.05) is 38.8 Å². The van der Waals surface area contributed by atoms with Gasteiger partial charge in [0.15, 0.2) is 18.1 Å². The molecule has 1 fully saturated rings. The molecule has 2 aromatic heterocycles. The van der Waals surface area contributed by atoms with Crippen molar-refractivity contribution in [3.05, 3.63) is 75.3 Å². The molecule has 4 aromatic rings. The van der Waals surface area contributed by atoms with Gasteiger partial charge < -0.3 is 45.1 Å². The maximum atomic E-state index is 13.9. The van der Waals surface area contributed by atoms with E-state index < -0.39 is 76.2 Å². The van der Waals surface area contributed by atoms with Crippen molar-refractivity contribution in [2.24, 2.45) is 0 Å². The summed E-state index contributed by atoms with van der Waals surface area (Å²) in [6.07, 6.45) is 0.820. The van der Waals surface area contributed by atoms with Crippen molar-refractivity contribution >= 4 is 64.2 Å². The molecule has 20 nitrogen and oxygen atoms in total. The third-order valence-electron chi connectivity index (χ3n) is 8.41. The highest BCUT2D eigenvalue weighted by Crippen LogP contribution is 2.42. The number of carboxylic acids is 2. The number of phenolic OH excluding ortho intramolecular Hbond substituents is 2. The van der Waals surface area contributed by atoms with Crippen LogP contribution in [0.15, 0.2) is 68.3 Å². The molecule has 6 rings (SSSR count). The number of benzene rings is 2. The predicted octanol–water partition coefficient (Wildman–Crippen LogP) is 0.218. The summed E-state index contributed by atoms with van der Waals surface area (Å²) < 4.78 is 12.1. The summed E-state index contributed by atoms with van der Waals surface area (Å²) in [6, 6.07) is 4.58. The molecule has 2 aromatic carbocycles. The number of hydrogen-bond acceptors (Lipinski definition) is 16. The normalized spacial score (nSPS) is 17.1. The monoisotopic (exact) mass is 796 g/mol. The maximum absolute atomic E-state index is 13.9. The van der Waals surface area contributed by atoms with Crippen LogP contribution in [-0.2, 0) is 25.7 Å². The Hall–Kier alpha value is -6.13. The third-order valence-corrected chi connectivity index (χ3v) is 10.8. The minimum Gasteiger partial charge on any atom is -0.504 e. The first kappa shape index (κ1) is 38.6. The minimum atomic E-state index is -1.56. The number of ether oxygens (including phenoxy) is 1. The molecule has 0 spiro atoms. The smallest absolute Gasteiger partial charge is 0.352 e. The fourth-order valence-corrected chi connectivity index (χ4v) is 8.03. The highest BCUT2D eigenvalue weighted by Gasteiger charge is 2.54. The fourth-order valence-electron chi connectivity index (χ4n) is 5.64. The van der Waals surface area contributed by atoms with Crippen molar-refractivity contribution in [3.63, 3.8) is 0 Å². The van der Waals surface area contributed by atoms with Gasteiger partial charge >= 0.3 is 11.9 Å². The van der Waals surface area contributed by atoms with Gasteiger partial charge in [0, 0.05) is 24.1 Å². The van der Waals surface area contributed by atoms with Crippen LogP contribution in [0.5, 0.6) is 17.2 Å². The van der Waals surface area contributed by atoms with Crippen LogP contribution in [0.4, 0.5) is 0 Å². The first-order valence-electron chi connectivity index (χ1n) is 16.2.